The van der Waals surface area contributed by atoms with E-state index in [1.165, 1.54) is 25.0 Å². The summed E-state index contributed by atoms with van der Waals surface area (Å²) in [6.07, 6.45) is 7.00. The number of pyridine rings is 1. The van der Waals surface area contributed by atoms with Crippen molar-refractivity contribution in [3.05, 3.63) is 80.3 Å². The Hall–Kier alpha value is -4.89. The Balaban J connectivity index is 0.00000442. The first kappa shape index (κ1) is 32.0. The smallest absolute Gasteiger partial charge is 0.341 e. The van der Waals surface area contributed by atoms with Crippen LogP contribution < -0.4 is 26.4 Å². The SMILES string of the molecule is COc1cc(Cc2cnc(N)nc2N)cc(C#Cc2c(F)cc3c(=O)c(C(=O)O)cn(C4CCCCC4)c3c2F)c1OC.Cl. The van der Waals surface area contributed by atoms with Crippen molar-refractivity contribution >= 4 is 41.0 Å². The van der Waals surface area contributed by atoms with Gasteiger partial charge < -0.3 is 30.6 Å². The minimum absolute atomic E-state index is 0. The van der Waals surface area contributed by atoms with Crippen molar-refractivity contribution in [2.75, 3.05) is 25.7 Å². The molecule has 230 valence electrons. The number of nitrogens with two attached hydrogens (primary N) is 2. The Bertz CT molecular complexity index is 1880. The molecule has 0 bridgehead atoms. The molecule has 2 heterocycles. The van der Waals surface area contributed by atoms with Crippen LogP contribution in [0, 0.1) is 23.5 Å². The molecule has 0 spiro atoms. The largest absolute Gasteiger partial charge is 0.493 e. The number of benzene rings is 2. The Kier molecular flexibility index (Phi) is 9.59. The lowest BCUT2D eigenvalue weighted by Gasteiger charge is -2.27. The van der Waals surface area contributed by atoms with Gasteiger partial charge in [0.15, 0.2) is 17.3 Å². The van der Waals surface area contributed by atoms with Crippen LogP contribution in [-0.4, -0.2) is 39.8 Å². The molecule has 1 saturated carbocycles. The second-order valence-corrected chi connectivity index (χ2v) is 10.3. The maximum atomic E-state index is 16.2. The highest BCUT2D eigenvalue weighted by Crippen LogP contribution is 2.35. The number of carboxylic acids is 1. The van der Waals surface area contributed by atoms with Crippen molar-refractivity contribution in [1.29, 1.82) is 0 Å². The summed E-state index contributed by atoms with van der Waals surface area (Å²) in [5.41, 5.74) is 10.9. The van der Waals surface area contributed by atoms with Crippen LogP contribution in [-0.2, 0) is 6.42 Å². The summed E-state index contributed by atoms with van der Waals surface area (Å²) in [7, 11) is 2.85. The zero-order valence-electron chi connectivity index (χ0n) is 23.9. The van der Waals surface area contributed by atoms with Gasteiger partial charge >= 0.3 is 5.97 Å². The second-order valence-electron chi connectivity index (χ2n) is 10.3. The summed E-state index contributed by atoms with van der Waals surface area (Å²) in [5.74, 6) is 2.57. The number of nitrogen functional groups attached to an aromatic ring is 2. The lowest BCUT2D eigenvalue weighted by Crippen LogP contribution is -2.23. The fourth-order valence-corrected chi connectivity index (χ4v) is 5.49. The minimum atomic E-state index is -1.46. The Morgan fingerprint density at radius 2 is 1.84 bits per heavy atom. The van der Waals surface area contributed by atoms with E-state index in [9.17, 15) is 14.7 Å². The van der Waals surface area contributed by atoms with Gasteiger partial charge in [-0.3, -0.25) is 4.79 Å². The molecule has 5 N–H and O–H groups in total. The summed E-state index contributed by atoms with van der Waals surface area (Å²) in [5, 5.41) is 9.27. The highest BCUT2D eigenvalue weighted by molar-refractivity contribution is 5.93. The molecule has 1 aliphatic carbocycles. The van der Waals surface area contributed by atoms with Gasteiger partial charge in [0.2, 0.25) is 11.4 Å². The minimum Gasteiger partial charge on any atom is -0.493 e. The molecule has 1 aliphatic rings. The molecule has 0 aliphatic heterocycles. The summed E-state index contributed by atoms with van der Waals surface area (Å²) < 4.78 is 44.0. The van der Waals surface area contributed by atoms with Crippen LogP contribution in [0.2, 0.25) is 0 Å². The number of hydrogen-bond donors (Lipinski definition) is 3. The Morgan fingerprint density at radius 1 is 1.11 bits per heavy atom. The molecule has 44 heavy (non-hydrogen) atoms. The number of carbonyl (C=O) groups is 1. The number of aromatic nitrogens is 3. The number of nitrogens with zero attached hydrogens (tertiary/aromatic N) is 3. The van der Waals surface area contributed by atoms with Crippen LogP contribution in [0.1, 0.15) is 70.8 Å². The van der Waals surface area contributed by atoms with E-state index in [4.69, 9.17) is 20.9 Å². The number of rotatable bonds is 6. The van der Waals surface area contributed by atoms with E-state index in [-0.39, 0.29) is 58.9 Å². The Labute approximate surface area is 257 Å². The van der Waals surface area contributed by atoms with Gasteiger partial charge in [-0.25, -0.2) is 18.6 Å². The third-order valence-electron chi connectivity index (χ3n) is 7.58. The summed E-state index contributed by atoms with van der Waals surface area (Å²) in [6.45, 7) is 0. The lowest BCUT2D eigenvalue weighted by atomic mass is 9.94. The zero-order chi connectivity index (χ0) is 30.8. The average Bonchev–Trinajstić information content (AvgIpc) is 2.99. The molecule has 0 saturated heterocycles. The van der Waals surface area contributed by atoms with Crippen LogP contribution in [0.15, 0.2) is 35.4 Å². The third-order valence-corrected chi connectivity index (χ3v) is 7.58. The first-order valence-electron chi connectivity index (χ1n) is 13.6. The molecule has 0 radical (unpaired) electrons. The summed E-state index contributed by atoms with van der Waals surface area (Å²) >= 11 is 0. The molecule has 5 rings (SSSR count). The first-order valence-corrected chi connectivity index (χ1v) is 13.6. The molecular weight excluding hydrogens is 596 g/mol. The van der Waals surface area contributed by atoms with Crippen LogP contribution in [0.25, 0.3) is 10.9 Å². The highest BCUT2D eigenvalue weighted by Gasteiger charge is 2.25. The number of hydrogen-bond acceptors (Lipinski definition) is 8. The summed E-state index contributed by atoms with van der Waals surface area (Å²) in [4.78, 5) is 32.7. The molecule has 0 unspecified atom stereocenters. The quantitative estimate of drug-likeness (QED) is 0.255. The number of carboxylic acid groups (broad SMARTS) is 1. The van der Waals surface area contributed by atoms with E-state index in [2.05, 4.69) is 21.8 Å². The van der Waals surface area contributed by atoms with E-state index in [0.717, 1.165) is 31.5 Å². The van der Waals surface area contributed by atoms with E-state index >= 15 is 8.78 Å². The normalized spacial score (nSPS) is 13.1. The number of methoxy groups -OCH3 is 2. The Morgan fingerprint density at radius 3 is 2.48 bits per heavy atom. The van der Waals surface area contributed by atoms with Crippen LogP contribution in [0.5, 0.6) is 11.5 Å². The van der Waals surface area contributed by atoms with Gasteiger partial charge in [-0.05, 0) is 36.6 Å². The van der Waals surface area contributed by atoms with Crippen molar-refractivity contribution < 1.29 is 28.2 Å². The first-order chi connectivity index (χ1) is 20.6. The fourth-order valence-electron chi connectivity index (χ4n) is 5.49. The molecule has 0 amide bonds. The molecule has 4 aromatic rings. The number of halogens is 3. The van der Waals surface area contributed by atoms with Crippen molar-refractivity contribution in [1.82, 2.24) is 14.5 Å². The number of fused-ring (bicyclic) bond motifs is 1. The predicted octanol–water partition coefficient (Wildman–Crippen LogP) is 4.87. The molecule has 1 fully saturated rings. The zero-order valence-corrected chi connectivity index (χ0v) is 24.8. The van der Waals surface area contributed by atoms with Crippen molar-refractivity contribution in [3.8, 4) is 23.3 Å². The van der Waals surface area contributed by atoms with Crippen LogP contribution in [0.4, 0.5) is 20.5 Å². The van der Waals surface area contributed by atoms with Crippen molar-refractivity contribution in [2.45, 2.75) is 44.6 Å². The van der Waals surface area contributed by atoms with Gasteiger partial charge in [-0.15, -0.1) is 12.4 Å². The van der Waals surface area contributed by atoms with Gasteiger partial charge in [-0.1, -0.05) is 31.1 Å². The van der Waals surface area contributed by atoms with Gasteiger partial charge in [0.05, 0.1) is 36.2 Å². The van der Waals surface area contributed by atoms with Gasteiger partial charge in [0.25, 0.3) is 0 Å². The molecule has 0 atom stereocenters. The monoisotopic (exact) mass is 625 g/mol. The van der Waals surface area contributed by atoms with Crippen molar-refractivity contribution in [3.63, 3.8) is 0 Å². The van der Waals surface area contributed by atoms with E-state index < -0.39 is 34.2 Å². The summed E-state index contributed by atoms with van der Waals surface area (Å²) in [6, 6.07) is 3.98. The second kappa shape index (κ2) is 13.2. The van der Waals surface area contributed by atoms with Crippen molar-refractivity contribution in [2.24, 2.45) is 0 Å². The highest BCUT2D eigenvalue weighted by atomic mass is 35.5. The molecule has 2 aromatic carbocycles. The van der Waals surface area contributed by atoms with Gasteiger partial charge in [-0.2, -0.15) is 4.98 Å². The third kappa shape index (κ3) is 6.09. The topological polar surface area (TPSA) is 156 Å². The van der Waals surface area contributed by atoms with E-state index in [1.807, 2.05) is 0 Å². The molecule has 10 nitrogen and oxygen atoms in total. The molecule has 2 aromatic heterocycles. The maximum Gasteiger partial charge on any atom is 0.341 e. The van der Waals surface area contributed by atoms with E-state index in [1.54, 1.807) is 12.1 Å². The van der Waals surface area contributed by atoms with Gasteiger partial charge in [0, 0.05) is 30.4 Å². The maximum absolute atomic E-state index is 16.2. The van der Waals surface area contributed by atoms with Crippen LogP contribution >= 0.6 is 12.4 Å². The van der Waals surface area contributed by atoms with E-state index in [0.29, 0.717) is 29.7 Å². The fraction of sp³-hybridized carbons (Fsp3) is 0.290. The standard InChI is InChI=1S/C31H29F2N5O5.ClH/c1-42-24-12-16(11-18-14-36-31(35)37-29(18)34)10-17(28(24)43-2)8-9-20-23(32)13-21-26(25(20)33)38(19-6-4-3-5-7-19)15-22(27(21)39)30(40)41;/h10,12-15,19H,3-7,11H2,1-2H3,(H,40,41)(H4,34,35,36,37);1H. The number of ether oxygens (including phenoxy) is 2. The predicted molar refractivity (Wildman–Crippen MR) is 164 cm³/mol. The molecular formula is C31H30ClF2N5O5. The van der Waals surface area contributed by atoms with Gasteiger partial charge in [0.1, 0.15) is 17.2 Å². The van der Waals surface area contributed by atoms with Crippen LogP contribution in [0.3, 0.4) is 0 Å². The number of aromatic carboxylic acids is 1. The lowest BCUT2D eigenvalue weighted by molar-refractivity contribution is 0.0694. The number of anilines is 2. The molecule has 13 heteroatoms. The average molecular weight is 626 g/mol.